The van der Waals surface area contributed by atoms with E-state index in [1.54, 1.807) is 0 Å². The van der Waals surface area contributed by atoms with Crippen molar-refractivity contribution >= 4 is 11.9 Å². The Morgan fingerprint density at radius 3 is 2.40 bits per heavy atom. The van der Waals surface area contributed by atoms with Gasteiger partial charge < -0.3 is 15.6 Å². The molecule has 0 amide bonds. The fraction of sp³-hybridized carbons (Fsp3) is 0.200. The Labute approximate surface area is 57.1 Å². The zero-order chi connectivity index (χ0) is 8.15. The van der Waals surface area contributed by atoms with E-state index in [0.29, 0.717) is 6.08 Å². The molecule has 10 heavy (non-hydrogen) atoms. The second kappa shape index (κ2) is 3.49. The van der Waals surface area contributed by atoms with Crippen molar-refractivity contribution in [2.24, 2.45) is 5.73 Å². The van der Waals surface area contributed by atoms with Gasteiger partial charge in [0.2, 0.25) is 0 Å². The van der Waals surface area contributed by atoms with Crippen molar-refractivity contribution in [1.82, 2.24) is 0 Å². The standard InChI is InChI=1S/C5H7NO4/c1-10-4(7)2-3(6)5(8)9/h2H,6H2,1H3,(H,8,9). The Balaban J connectivity index is 4.16. The normalized spacial score (nSPS) is 10.7. The lowest BCUT2D eigenvalue weighted by Gasteiger charge is -1.91. The van der Waals surface area contributed by atoms with Gasteiger partial charge in [-0.2, -0.15) is 0 Å². The minimum atomic E-state index is -1.34. The van der Waals surface area contributed by atoms with Gasteiger partial charge in [0.05, 0.1) is 13.2 Å². The molecule has 0 spiro atoms. The van der Waals surface area contributed by atoms with Crippen LogP contribution in [0.5, 0.6) is 0 Å². The van der Waals surface area contributed by atoms with E-state index in [1.807, 2.05) is 0 Å². The van der Waals surface area contributed by atoms with Crippen molar-refractivity contribution in [3.05, 3.63) is 11.8 Å². The fourth-order valence-corrected chi connectivity index (χ4v) is 0.248. The monoisotopic (exact) mass is 145 g/mol. The van der Waals surface area contributed by atoms with Crippen LogP contribution in [-0.2, 0) is 14.3 Å². The summed E-state index contributed by atoms with van der Waals surface area (Å²) in [7, 11) is 1.13. The minimum Gasteiger partial charge on any atom is -0.477 e. The van der Waals surface area contributed by atoms with E-state index in [1.165, 1.54) is 0 Å². The minimum absolute atomic E-state index is 0.535. The molecule has 0 aromatic carbocycles. The van der Waals surface area contributed by atoms with Crippen LogP contribution in [0.2, 0.25) is 0 Å². The summed E-state index contributed by atoms with van der Waals surface area (Å²) >= 11 is 0. The molecule has 56 valence electrons. The van der Waals surface area contributed by atoms with Crippen LogP contribution in [0.1, 0.15) is 0 Å². The number of methoxy groups -OCH3 is 1. The molecular formula is C5H7NO4. The van der Waals surface area contributed by atoms with Crippen molar-refractivity contribution in [2.45, 2.75) is 0 Å². The molecule has 0 heterocycles. The molecule has 0 aliphatic carbocycles. The third-order valence-electron chi connectivity index (χ3n) is 0.721. The van der Waals surface area contributed by atoms with E-state index in [4.69, 9.17) is 10.8 Å². The highest BCUT2D eigenvalue weighted by Crippen LogP contribution is 1.84. The molecule has 0 unspecified atom stereocenters. The summed E-state index contributed by atoms with van der Waals surface area (Å²) < 4.78 is 4.11. The Morgan fingerprint density at radius 1 is 1.60 bits per heavy atom. The second-order valence-electron chi connectivity index (χ2n) is 1.43. The maximum absolute atomic E-state index is 10.3. The first-order valence-electron chi connectivity index (χ1n) is 2.36. The van der Waals surface area contributed by atoms with E-state index in [9.17, 15) is 9.59 Å². The van der Waals surface area contributed by atoms with Crippen molar-refractivity contribution < 1.29 is 19.4 Å². The van der Waals surface area contributed by atoms with Crippen LogP contribution in [0.15, 0.2) is 11.8 Å². The van der Waals surface area contributed by atoms with Gasteiger partial charge in [-0.3, -0.25) is 0 Å². The molecule has 0 aliphatic heterocycles. The largest absolute Gasteiger partial charge is 0.477 e. The number of hydrogen-bond acceptors (Lipinski definition) is 4. The summed E-state index contributed by atoms with van der Waals surface area (Å²) in [6.45, 7) is 0. The van der Waals surface area contributed by atoms with Gasteiger partial charge in [0, 0.05) is 0 Å². The average molecular weight is 145 g/mol. The van der Waals surface area contributed by atoms with Crippen LogP contribution in [0, 0.1) is 0 Å². The molecule has 0 aliphatic rings. The molecular weight excluding hydrogens is 138 g/mol. The van der Waals surface area contributed by atoms with E-state index < -0.39 is 17.6 Å². The lowest BCUT2D eigenvalue weighted by atomic mass is 10.4. The van der Waals surface area contributed by atoms with Crippen LogP contribution in [0.25, 0.3) is 0 Å². The number of carboxylic acids is 1. The molecule has 0 rings (SSSR count). The summed E-state index contributed by atoms with van der Waals surface area (Å²) in [6, 6.07) is 0. The number of nitrogens with two attached hydrogens (primary N) is 1. The number of carbonyl (C=O) groups is 2. The van der Waals surface area contributed by atoms with Gasteiger partial charge >= 0.3 is 11.9 Å². The fourth-order valence-electron chi connectivity index (χ4n) is 0.248. The Bertz CT molecular complexity index is 184. The molecule has 0 saturated heterocycles. The number of carbonyl (C=O) groups excluding carboxylic acids is 1. The number of esters is 1. The van der Waals surface area contributed by atoms with Gasteiger partial charge in [-0.15, -0.1) is 0 Å². The molecule has 0 atom stereocenters. The average Bonchev–Trinajstić information content (AvgIpc) is 1.87. The van der Waals surface area contributed by atoms with Crippen LogP contribution in [0.3, 0.4) is 0 Å². The Kier molecular flexibility index (Phi) is 2.96. The molecule has 0 bridgehead atoms. The SMILES string of the molecule is COC(=O)C=C(N)C(=O)O. The predicted octanol–water partition coefficient (Wildman–Crippen LogP) is -0.913. The topological polar surface area (TPSA) is 89.6 Å². The third kappa shape index (κ3) is 2.71. The van der Waals surface area contributed by atoms with Gasteiger partial charge in [-0.05, 0) is 0 Å². The van der Waals surface area contributed by atoms with Crippen LogP contribution < -0.4 is 5.73 Å². The number of aliphatic carboxylic acids is 1. The lowest BCUT2D eigenvalue weighted by Crippen LogP contribution is -2.12. The number of hydrogen-bond donors (Lipinski definition) is 2. The molecule has 0 aromatic rings. The first-order valence-corrected chi connectivity index (χ1v) is 2.36. The van der Waals surface area contributed by atoms with Crippen molar-refractivity contribution in [3.63, 3.8) is 0 Å². The van der Waals surface area contributed by atoms with Gasteiger partial charge in [-0.1, -0.05) is 0 Å². The summed E-state index contributed by atoms with van der Waals surface area (Å²) in [6.07, 6.45) is 0.697. The zero-order valence-electron chi connectivity index (χ0n) is 5.33. The first kappa shape index (κ1) is 8.48. The smallest absolute Gasteiger partial charge is 0.352 e. The summed E-state index contributed by atoms with van der Waals surface area (Å²) in [5.41, 5.74) is 4.32. The molecule has 5 nitrogen and oxygen atoms in total. The number of ether oxygens (including phenoxy) is 1. The maximum Gasteiger partial charge on any atom is 0.352 e. The summed E-state index contributed by atoms with van der Waals surface area (Å²) in [4.78, 5) is 20.2. The second-order valence-corrected chi connectivity index (χ2v) is 1.43. The van der Waals surface area contributed by atoms with Gasteiger partial charge in [0.15, 0.2) is 0 Å². The van der Waals surface area contributed by atoms with E-state index >= 15 is 0 Å². The quantitative estimate of drug-likeness (QED) is 0.387. The highest BCUT2D eigenvalue weighted by Gasteiger charge is 2.03. The van der Waals surface area contributed by atoms with Crippen molar-refractivity contribution in [3.8, 4) is 0 Å². The molecule has 0 aromatic heterocycles. The Morgan fingerprint density at radius 2 is 2.10 bits per heavy atom. The lowest BCUT2D eigenvalue weighted by molar-refractivity contribution is -0.136. The Hall–Kier alpha value is -1.52. The van der Waals surface area contributed by atoms with Crippen LogP contribution in [0.4, 0.5) is 0 Å². The third-order valence-corrected chi connectivity index (χ3v) is 0.721. The highest BCUT2D eigenvalue weighted by molar-refractivity contribution is 5.94. The van der Waals surface area contributed by atoms with E-state index in [0.717, 1.165) is 7.11 Å². The van der Waals surface area contributed by atoms with E-state index in [-0.39, 0.29) is 0 Å². The predicted molar refractivity (Wildman–Crippen MR) is 31.9 cm³/mol. The van der Waals surface area contributed by atoms with Gasteiger partial charge in [0.1, 0.15) is 5.70 Å². The number of rotatable bonds is 2. The maximum atomic E-state index is 10.3. The molecule has 0 saturated carbocycles. The van der Waals surface area contributed by atoms with Gasteiger partial charge in [-0.25, -0.2) is 9.59 Å². The molecule has 3 N–H and O–H groups in total. The van der Waals surface area contributed by atoms with Crippen molar-refractivity contribution in [2.75, 3.05) is 7.11 Å². The summed E-state index contributed by atoms with van der Waals surface area (Å²) in [5, 5.41) is 8.13. The first-order chi connectivity index (χ1) is 4.57. The number of carboxylic acid groups (broad SMARTS) is 1. The zero-order valence-corrected chi connectivity index (χ0v) is 5.33. The van der Waals surface area contributed by atoms with E-state index in [2.05, 4.69) is 4.74 Å². The van der Waals surface area contributed by atoms with Gasteiger partial charge in [0.25, 0.3) is 0 Å². The van der Waals surface area contributed by atoms with Crippen LogP contribution in [-0.4, -0.2) is 24.2 Å². The van der Waals surface area contributed by atoms with Crippen LogP contribution >= 0.6 is 0 Å². The molecule has 0 fully saturated rings. The highest BCUT2D eigenvalue weighted by atomic mass is 16.5. The van der Waals surface area contributed by atoms with Crippen molar-refractivity contribution in [1.29, 1.82) is 0 Å². The summed E-state index contributed by atoms with van der Waals surface area (Å²) in [5.74, 6) is -2.12. The molecule has 0 radical (unpaired) electrons. The molecule has 5 heteroatoms.